The van der Waals surface area contributed by atoms with Gasteiger partial charge in [-0.3, -0.25) is 0 Å². The largest absolute Gasteiger partial charge is 0.303 e. The number of thiophene rings is 1. The van der Waals surface area contributed by atoms with Gasteiger partial charge >= 0.3 is 0 Å². The van der Waals surface area contributed by atoms with Crippen molar-refractivity contribution < 1.29 is 4.79 Å². The highest BCUT2D eigenvalue weighted by molar-refractivity contribution is 7.19. The molecule has 3 aromatic carbocycles. The Morgan fingerprint density at radius 1 is 0.963 bits per heavy atom. The average molecular weight is 369 g/mol. The molecule has 0 saturated heterocycles. The Balaban J connectivity index is 1.93. The zero-order chi connectivity index (χ0) is 19.0. The van der Waals surface area contributed by atoms with E-state index in [1.807, 2.05) is 44.2 Å². The smallest absolute Gasteiger partial charge is 0.125 e. The monoisotopic (exact) mass is 369 g/mol. The SMILES string of the molecule is CC(C)(C=O)Cc1cc2c(-c3ccc(C#N)c4ccccc34)cccc2s1. The maximum Gasteiger partial charge on any atom is 0.125 e. The normalized spacial score (nSPS) is 11.6. The van der Waals surface area contributed by atoms with Gasteiger partial charge in [0.25, 0.3) is 0 Å². The third kappa shape index (κ3) is 3.13. The van der Waals surface area contributed by atoms with Crippen LogP contribution in [0, 0.1) is 16.7 Å². The zero-order valence-electron chi connectivity index (χ0n) is 15.3. The van der Waals surface area contributed by atoms with E-state index in [2.05, 4.69) is 36.4 Å². The van der Waals surface area contributed by atoms with E-state index < -0.39 is 0 Å². The highest BCUT2D eigenvalue weighted by Gasteiger charge is 2.19. The van der Waals surface area contributed by atoms with Crippen LogP contribution >= 0.6 is 11.3 Å². The van der Waals surface area contributed by atoms with Crippen LogP contribution in [0.15, 0.2) is 60.7 Å². The lowest BCUT2D eigenvalue weighted by atomic mass is 9.90. The maximum absolute atomic E-state index is 11.3. The summed E-state index contributed by atoms with van der Waals surface area (Å²) in [4.78, 5) is 12.5. The average Bonchev–Trinajstić information content (AvgIpc) is 3.09. The topological polar surface area (TPSA) is 40.9 Å². The van der Waals surface area contributed by atoms with Crippen LogP contribution in [0.5, 0.6) is 0 Å². The first-order chi connectivity index (χ1) is 13.0. The molecular formula is C24H19NOS. The highest BCUT2D eigenvalue weighted by atomic mass is 32.1. The molecule has 0 radical (unpaired) electrons. The van der Waals surface area contributed by atoms with Gasteiger partial charge in [0.15, 0.2) is 0 Å². The van der Waals surface area contributed by atoms with Gasteiger partial charge in [0.1, 0.15) is 6.29 Å². The number of aldehydes is 1. The summed E-state index contributed by atoms with van der Waals surface area (Å²) in [5.74, 6) is 0. The number of carbonyl (C=O) groups is 1. The van der Waals surface area contributed by atoms with Gasteiger partial charge in [0.2, 0.25) is 0 Å². The van der Waals surface area contributed by atoms with Gasteiger partial charge in [-0.05, 0) is 41.1 Å². The van der Waals surface area contributed by atoms with Crippen LogP contribution in [0.2, 0.25) is 0 Å². The number of hydrogen-bond donors (Lipinski definition) is 0. The Hall–Kier alpha value is -2.96. The lowest BCUT2D eigenvalue weighted by Crippen LogP contribution is -2.15. The van der Waals surface area contributed by atoms with E-state index in [1.54, 1.807) is 11.3 Å². The molecule has 3 heteroatoms. The van der Waals surface area contributed by atoms with Crippen molar-refractivity contribution in [2.45, 2.75) is 20.3 Å². The van der Waals surface area contributed by atoms with E-state index in [9.17, 15) is 10.1 Å². The molecule has 0 fully saturated rings. The second-order valence-corrected chi connectivity index (χ2v) is 8.70. The molecule has 0 amide bonds. The fraction of sp³-hybridized carbons (Fsp3) is 0.167. The summed E-state index contributed by atoms with van der Waals surface area (Å²) < 4.78 is 1.22. The van der Waals surface area contributed by atoms with E-state index in [1.165, 1.54) is 20.5 Å². The van der Waals surface area contributed by atoms with E-state index >= 15 is 0 Å². The Bertz CT molecular complexity index is 1210. The van der Waals surface area contributed by atoms with Crippen LogP contribution < -0.4 is 0 Å². The second-order valence-electron chi connectivity index (χ2n) is 7.53. The minimum atomic E-state index is -0.359. The van der Waals surface area contributed by atoms with Crippen LogP contribution in [-0.2, 0) is 11.2 Å². The van der Waals surface area contributed by atoms with Crippen LogP contribution in [0.3, 0.4) is 0 Å². The molecule has 0 N–H and O–H groups in total. The first-order valence-corrected chi connectivity index (χ1v) is 9.74. The summed E-state index contributed by atoms with van der Waals surface area (Å²) >= 11 is 1.75. The molecule has 0 spiro atoms. The number of hydrogen-bond acceptors (Lipinski definition) is 3. The number of carbonyl (C=O) groups excluding carboxylic acids is 1. The number of rotatable bonds is 4. The van der Waals surface area contributed by atoms with Gasteiger partial charge in [-0.1, -0.05) is 56.3 Å². The van der Waals surface area contributed by atoms with Gasteiger partial charge in [0, 0.05) is 25.8 Å². The van der Waals surface area contributed by atoms with Crippen LogP contribution in [0.4, 0.5) is 0 Å². The molecule has 132 valence electrons. The molecule has 0 atom stereocenters. The molecule has 27 heavy (non-hydrogen) atoms. The van der Waals surface area contributed by atoms with Crippen molar-refractivity contribution in [3.8, 4) is 17.2 Å². The quantitative estimate of drug-likeness (QED) is 0.393. The molecule has 4 aromatic rings. The van der Waals surface area contributed by atoms with Gasteiger partial charge in [-0.25, -0.2) is 0 Å². The molecule has 2 nitrogen and oxygen atoms in total. The third-order valence-electron chi connectivity index (χ3n) is 4.90. The summed E-state index contributed by atoms with van der Waals surface area (Å²) in [6.45, 7) is 3.94. The highest BCUT2D eigenvalue weighted by Crippen LogP contribution is 2.39. The van der Waals surface area contributed by atoms with Crippen LogP contribution in [-0.4, -0.2) is 6.29 Å². The number of nitriles is 1. The minimum absolute atomic E-state index is 0.359. The number of benzene rings is 3. The molecule has 0 aliphatic heterocycles. The van der Waals surface area contributed by atoms with E-state index in [0.29, 0.717) is 5.56 Å². The van der Waals surface area contributed by atoms with Gasteiger partial charge in [-0.15, -0.1) is 11.3 Å². The van der Waals surface area contributed by atoms with E-state index in [4.69, 9.17) is 0 Å². The van der Waals surface area contributed by atoms with Gasteiger partial charge in [-0.2, -0.15) is 5.26 Å². The number of fused-ring (bicyclic) bond motifs is 2. The molecule has 0 unspecified atom stereocenters. The maximum atomic E-state index is 11.3. The lowest BCUT2D eigenvalue weighted by molar-refractivity contribution is -0.114. The molecule has 4 rings (SSSR count). The minimum Gasteiger partial charge on any atom is -0.303 e. The summed E-state index contributed by atoms with van der Waals surface area (Å²) in [6, 6.07) is 22.9. The Morgan fingerprint density at radius 2 is 1.70 bits per heavy atom. The zero-order valence-corrected chi connectivity index (χ0v) is 16.1. The van der Waals surface area contributed by atoms with Crippen molar-refractivity contribution in [2.75, 3.05) is 0 Å². The van der Waals surface area contributed by atoms with E-state index in [0.717, 1.165) is 29.0 Å². The summed E-state index contributed by atoms with van der Waals surface area (Å²) in [6.07, 6.45) is 1.77. The Labute approximate surface area is 162 Å². The third-order valence-corrected chi connectivity index (χ3v) is 6.00. The molecule has 0 saturated carbocycles. The Morgan fingerprint density at radius 3 is 2.44 bits per heavy atom. The second kappa shape index (κ2) is 6.64. The first kappa shape index (κ1) is 17.5. The van der Waals surface area contributed by atoms with Crippen molar-refractivity contribution in [3.05, 3.63) is 71.1 Å². The Kier molecular flexibility index (Phi) is 4.30. The lowest BCUT2D eigenvalue weighted by Gasteiger charge is -2.14. The molecule has 1 aromatic heterocycles. The molecule has 1 heterocycles. The van der Waals surface area contributed by atoms with Crippen molar-refractivity contribution in [3.63, 3.8) is 0 Å². The van der Waals surface area contributed by atoms with Crippen molar-refractivity contribution >= 4 is 38.5 Å². The fourth-order valence-corrected chi connectivity index (χ4v) is 4.89. The van der Waals surface area contributed by atoms with Gasteiger partial charge in [0.05, 0.1) is 11.6 Å². The number of nitrogens with zero attached hydrogens (tertiary/aromatic N) is 1. The molecular weight excluding hydrogens is 350 g/mol. The molecule has 0 aliphatic rings. The predicted molar refractivity (Wildman–Crippen MR) is 113 cm³/mol. The van der Waals surface area contributed by atoms with E-state index in [-0.39, 0.29) is 5.41 Å². The molecule has 0 bridgehead atoms. The summed E-state index contributed by atoms with van der Waals surface area (Å²) in [7, 11) is 0. The standard InChI is InChI=1S/C24H19NOS/c1-24(2,15-26)13-17-12-22-20(8-5-9-23(22)27-17)21-11-10-16(14-25)18-6-3-4-7-19(18)21/h3-12,15H,13H2,1-2H3. The fourth-order valence-electron chi connectivity index (χ4n) is 3.56. The van der Waals surface area contributed by atoms with Crippen molar-refractivity contribution in [2.24, 2.45) is 5.41 Å². The van der Waals surface area contributed by atoms with Crippen molar-refractivity contribution in [1.29, 1.82) is 5.26 Å². The summed E-state index contributed by atoms with van der Waals surface area (Å²) in [5, 5.41) is 12.7. The van der Waals surface area contributed by atoms with Crippen molar-refractivity contribution in [1.82, 2.24) is 0 Å². The van der Waals surface area contributed by atoms with Gasteiger partial charge < -0.3 is 4.79 Å². The summed E-state index contributed by atoms with van der Waals surface area (Å²) in [5.41, 5.74) is 2.64. The van der Waals surface area contributed by atoms with Crippen LogP contribution in [0.25, 0.3) is 32.0 Å². The predicted octanol–water partition coefficient (Wildman–Crippen LogP) is 6.36. The van der Waals surface area contributed by atoms with Crippen LogP contribution in [0.1, 0.15) is 24.3 Å². The molecule has 0 aliphatic carbocycles. The first-order valence-electron chi connectivity index (χ1n) is 8.92.